The molecule has 26 heavy (non-hydrogen) atoms. The first-order valence-corrected chi connectivity index (χ1v) is 10.1. The van der Waals surface area contributed by atoms with Gasteiger partial charge in [0.1, 0.15) is 10.4 Å². The second-order valence-corrected chi connectivity index (χ2v) is 9.33. The minimum absolute atomic E-state index is 0.128. The summed E-state index contributed by atoms with van der Waals surface area (Å²) in [5.74, 6) is -0.187. The lowest BCUT2D eigenvalue weighted by atomic mass is 9.83. The molecule has 0 unspecified atom stereocenters. The molecular formula is C17H20N4O4S. The topological polar surface area (TPSA) is 94.4 Å². The van der Waals surface area contributed by atoms with Gasteiger partial charge in [-0.25, -0.2) is 18.4 Å². The van der Waals surface area contributed by atoms with Crippen LogP contribution in [-0.2, 0) is 16.9 Å². The zero-order valence-electron chi connectivity index (χ0n) is 14.4. The zero-order chi connectivity index (χ0) is 18.4. The summed E-state index contributed by atoms with van der Waals surface area (Å²) in [6.07, 6.45) is 5.48. The molecule has 2 aromatic heterocycles. The summed E-state index contributed by atoms with van der Waals surface area (Å²) in [6.45, 7) is 0.654. The Hall–Kier alpha value is -2.42. The molecule has 0 radical (unpaired) electrons. The monoisotopic (exact) mass is 376 g/mol. The van der Waals surface area contributed by atoms with Gasteiger partial charge in [-0.2, -0.15) is 0 Å². The summed E-state index contributed by atoms with van der Waals surface area (Å²) >= 11 is 0. The van der Waals surface area contributed by atoms with Crippen LogP contribution in [0.25, 0.3) is 0 Å². The fraction of sp³-hybridized carbons (Fsp3) is 0.471. The number of carbonyl (C=O) groups is 1. The summed E-state index contributed by atoms with van der Waals surface area (Å²) in [6, 6.07) is 5.46. The highest BCUT2D eigenvalue weighted by Crippen LogP contribution is 2.45. The molecule has 1 atom stereocenters. The number of aromatic nitrogens is 3. The van der Waals surface area contributed by atoms with Crippen molar-refractivity contribution in [1.29, 1.82) is 0 Å². The number of likely N-dealkylation sites (tertiary alicyclic amines) is 1. The van der Waals surface area contributed by atoms with E-state index in [9.17, 15) is 13.2 Å². The predicted octanol–water partition coefficient (Wildman–Crippen LogP) is 0.523. The van der Waals surface area contributed by atoms with Crippen molar-refractivity contribution in [2.75, 3.05) is 25.4 Å². The summed E-state index contributed by atoms with van der Waals surface area (Å²) in [4.78, 5) is 22.2. The standard InChI is InChI=1S/C17H20N4O4S/c1-20-8-2-4-14(20)15(22)21-11-17(12-21)13(5-9-26(17,23)24)10-25-16-18-6-3-7-19-16/h2-4,6-8,13H,5,9-12H2,1H3/t13-/m0/s1. The molecule has 138 valence electrons. The first-order chi connectivity index (χ1) is 12.4. The third-order valence-electron chi connectivity index (χ3n) is 5.42. The van der Waals surface area contributed by atoms with Gasteiger partial charge < -0.3 is 14.2 Å². The van der Waals surface area contributed by atoms with Gasteiger partial charge in [0.15, 0.2) is 9.84 Å². The molecule has 0 aliphatic carbocycles. The van der Waals surface area contributed by atoms with Gasteiger partial charge in [-0.3, -0.25) is 4.79 Å². The number of hydrogen-bond acceptors (Lipinski definition) is 6. The van der Waals surface area contributed by atoms with E-state index in [-0.39, 0.29) is 43.3 Å². The smallest absolute Gasteiger partial charge is 0.316 e. The SMILES string of the molecule is Cn1cccc1C(=O)N1CC2(C1)[C@H](COc1ncccn1)CCS2(=O)=O. The molecule has 0 aromatic carbocycles. The van der Waals surface area contributed by atoms with E-state index in [4.69, 9.17) is 4.74 Å². The zero-order valence-corrected chi connectivity index (χ0v) is 15.2. The maximum Gasteiger partial charge on any atom is 0.316 e. The lowest BCUT2D eigenvalue weighted by Crippen LogP contribution is -2.69. The highest BCUT2D eigenvalue weighted by molar-refractivity contribution is 7.93. The molecule has 0 bridgehead atoms. The molecule has 1 spiro atoms. The van der Waals surface area contributed by atoms with Crippen molar-refractivity contribution in [3.63, 3.8) is 0 Å². The number of aryl methyl sites for hydroxylation is 1. The van der Waals surface area contributed by atoms with Crippen LogP contribution in [0.3, 0.4) is 0 Å². The van der Waals surface area contributed by atoms with Gasteiger partial charge in [0, 0.05) is 44.6 Å². The molecule has 2 aliphatic heterocycles. The summed E-state index contributed by atoms with van der Waals surface area (Å²) in [5, 5.41) is 0. The Morgan fingerprint density at radius 3 is 2.69 bits per heavy atom. The van der Waals surface area contributed by atoms with Gasteiger partial charge in [-0.05, 0) is 24.6 Å². The van der Waals surface area contributed by atoms with Gasteiger partial charge >= 0.3 is 6.01 Å². The Bertz CT molecular complexity index is 919. The summed E-state index contributed by atoms with van der Waals surface area (Å²) < 4.78 is 31.8. The molecule has 0 N–H and O–H groups in total. The minimum Gasteiger partial charge on any atom is -0.463 e. The molecule has 2 saturated heterocycles. The number of rotatable bonds is 4. The van der Waals surface area contributed by atoms with Crippen LogP contribution in [0, 0.1) is 5.92 Å². The lowest BCUT2D eigenvalue weighted by Gasteiger charge is -2.49. The average molecular weight is 376 g/mol. The Labute approximate surface area is 151 Å². The third-order valence-corrected chi connectivity index (χ3v) is 8.02. The van der Waals surface area contributed by atoms with E-state index in [2.05, 4.69) is 9.97 Å². The van der Waals surface area contributed by atoms with Crippen molar-refractivity contribution in [3.8, 4) is 6.01 Å². The Balaban J connectivity index is 1.48. The molecule has 9 heteroatoms. The number of hydrogen-bond donors (Lipinski definition) is 0. The first-order valence-electron chi connectivity index (χ1n) is 8.46. The van der Waals surface area contributed by atoms with Crippen LogP contribution in [-0.4, -0.2) is 64.0 Å². The van der Waals surface area contributed by atoms with Crippen molar-refractivity contribution in [1.82, 2.24) is 19.4 Å². The van der Waals surface area contributed by atoms with E-state index >= 15 is 0 Å². The minimum atomic E-state index is -3.27. The van der Waals surface area contributed by atoms with E-state index in [0.29, 0.717) is 12.1 Å². The van der Waals surface area contributed by atoms with Crippen LogP contribution in [0.2, 0.25) is 0 Å². The van der Waals surface area contributed by atoms with Crippen molar-refractivity contribution in [2.24, 2.45) is 13.0 Å². The van der Waals surface area contributed by atoms with Crippen LogP contribution in [0.5, 0.6) is 6.01 Å². The molecule has 4 rings (SSSR count). The van der Waals surface area contributed by atoms with Gasteiger partial charge in [0.2, 0.25) is 0 Å². The molecular weight excluding hydrogens is 356 g/mol. The van der Waals surface area contributed by atoms with Crippen molar-refractivity contribution < 1.29 is 17.9 Å². The van der Waals surface area contributed by atoms with Gasteiger partial charge in [-0.15, -0.1) is 0 Å². The fourth-order valence-electron chi connectivity index (χ4n) is 3.83. The number of sulfone groups is 1. The van der Waals surface area contributed by atoms with Crippen LogP contribution >= 0.6 is 0 Å². The van der Waals surface area contributed by atoms with Crippen molar-refractivity contribution >= 4 is 15.7 Å². The second-order valence-electron chi connectivity index (χ2n) is 6.88. The molecule has 2 aromatic rings. The number of amides is 1. The maximum atomic E-state index is 12.7. The molecule has 0 saturated carbocycles. The van der Waals surface area contributed by atoms with Crippen LogP contribution < -0.4 is 4.74 Å². The second kappa shape index (κ2) is 6.08. The Morgan fingerprint density at radius 2 is 2.04 bits per heavy atom. The Kier molecular flexibility index (Phi) is 3.98. The Morgan fingerprint density at radius 1 is 1.31 bits per heavy atom. The highest BCUT2D eigenvalue weighted by Gasteiger charge is 2.62. The fourth-order valence-corrected chi connectivity index (χ4v) is 6.23. The summed E-state index contributed by atoms with van der Waals surface area (Å²) in [7, 11) is -1.47. The van der Waals surface area contributed by atoms with Gasteiger partial charge in [-0.1, -0.05) is 0 Å². The molecule has 4 heterocycles. The summed E-state index contributed by atoms with van der Waals surface area (Å²) in [5.41, 5.74) is 0.556. The van der Waals surface area contributed by atoms with Gasteiger partial charge in [0.05, 0.1) is 12.4 Å². The largest absolute Gasteiger partial charge is 0.463 e. The van der Waals surface area contributed by atoms with Crippen LogP contribution in [0.4, 0.5) is 0 Å². The normalized spacial score (nSPS) is 23.0. The molecule has 1 amide bonds. The third kappa shape index (κ3) is 2.57. The van der Waals surface area contributed by atoms with Crippen molar-refractivity contribution in [2.45, 2.75) is 11.2 Å². The van der Waals surface area contributed by atoms with E-state index in [1.54, 1.807) is 53.3 Å². The molecule has 8 nitrogen and oxygen atoms in total. The number of carbonyl (C=O) groups excluding carboxylic acids is 1. The average Bonchev–Trinajstić information content (AvgIpc) is 3.12. The maximum absolute atomic E-state index is 12.7. The van der Waals surface area contributed by atoms with E-state index in [0.717, 1.165) is 0 Å². The van der Waals surface area contributed by atoms with Crippen LogP contribution in [0.1, 0.15) is 16.9 Å². The lowest BCUT2D eigenvalue weighted by molar-refractivity contribution is 0.0395. The predicted molar refractivity (Wildman–Crippen MR) is 93.5 cm³/mol. The first kappa shape index (κ1) is 17.0. The van der Waals surface area contributed by atoms with E-state index < -0.39 is 14.6 Å². The quantitative estimate of drug-likeness (QED) is 0.772. The molecule has 2 aliphatic rings. The highest BCUT2D eigenvalue weighted by atomic mass is 32.2. The van der Waals surface area contributed by atoms with Gasteiger partial charge in [0.25, 0.3) is 5.91 Å². The van der Waals surface area contributed by atoms with E-state index in [1.807, 2.05) is 0 Å². The number of ether oxygens (including phenoxy) is 1. The number of nitrogens with zero attached hydrogens (tertiary/aromatic N) is 4. The van der Waals surface area contributed by atoms with Crippen LogP contribution in [0.15, 0.2) is 36.8 Å². The molecule has 2 fully saturated rings. The van der Waals surface area contributed by atoms with Crippen molar-refractivity contribution in [3.05, 3.63) is 42.5 Å². The van der Waals surface area contributed by atoms with E-state index in [1.165, 1.54) is 0 Å².